The third-order valence-corrected chi connectivity index (χ3v) is 1.66. The van der Waals surface area contributed by atoms with Gasteiger partial charge in [-0.1, -0.05) is 30.4 Å². The molecule has 0 spiro atoms. The average molecular weight is 175 g/mol. The number of carbonyl (C=O) groups is 1. The van der Waals surface area contributed by atoms with Crippen molar-refractivity contribution in [2.45, 2.75) is 6.92 Å². The van der Waals surface area contributed by atoms with E-state index in [2.05, 4.69) is 6.58 Å². The maximum atomic E-state index is 10.7. The molecule has 0 aliphatic rings. The van der Waals surface area contributed by atoms with Crippen LogP contribution < -0.4 is 4.90 Å². The Morgan fingerprint density at radius 3 is 2.54 bits per heavy atom. The van der Waals surface area contributed by atoms with Gasteiger partial charge in [0.25, 0.3) is 0 Å². The lowest BCUT2D eigenvalue weighted by Gasteiger charge is -2.16. The number of anilines is 1. The zero-order valence-corrected chi connectivity index (χ0v) is 7.73. The maximum Gasteiger partial charge on any atom is 0.214 e. The highest BCUT2D eigenvalue weighted by Gasteiger charge is 2.02. The van der Waals surface area contributed by atoms with Gasteiger partial charge in [-0.05, 0) is 19.1 Å². The Morgan fingerprint density at radius 1 is 1.46 bits per heavy atom. The van der Waals surface area contributed by atoms with Crippen LogP contribution in [0.5, 0.6) is 0 Å². The van der Waals surface area contributed by atoms with Crippen LogP contribution in [0, 0.1) is 0 Å². The first-order valence-corrected chi connectivity index (χ1v) is 4.15. The summed E-state index contributed by atoms with van der Waals surface area (Å²) in [5, 5.41) is 0. The third-order valence-electron chi connectivity index (χ3n) is 1.66. The molecule has 0 atom stereocenters. The Labute approximate surface area is 78.5 Å². The van der Waals surface area contributed by atoms with Crippen molar-refractivity contribution in [1.29, 1.82) is 0 Å². The monoisotopic (exact) mass is 175 g/mol. The molecule has 2 heteroatoms. The summed E-state index contributed by atoms with van der Waals surface area (Å²) in [6, 6.07) is 9.54. The van der Waals surface area contributed by atoms with Gasteiger partial charge in [-0.3, -0.25) is 4.79 Å². The molecule has 0 aliphatic heterocycles. The molecule has 0 saturated carbocycles. The summed E-state index contributed by atoms with van der Waals surface area (Å²) in [5.41, 5.74) is 1.87. The Kier molecular flexibility index (Phi) is 3.26. The van der Waals surface area contributed by atoms with Crippen molar-refractivity contribution in [1.82, 2.24) is 0 Å². The van der Waals surface area contributed by atoms with Gasteiger partial charge in [0.05, 0.1) is 0 Å². The van der Waals surface area contributed by atoms with Crippen LogP contribution in [0.4, 0.5) is 5.69 Å². The quantitative estimate of drug-likeness (QED) is 0.507. The molecule has 68 valence electrons. The zero-order valence-electron chi connectivity index (χ0n) is 7.73. The number of hydrogen-bond donors (Lipinski definition) is 0. The zero-order chi connectivity index (χ0) is 9.68. The summed E-state index contributed by atoms with van der Waals surface area (Å²) in [4.78, 5) is 12.4. The number of para-hydroxylation sites is 1. The molecule has 0 radical (unpaired) electrons. The van der Waals surface area contributed by atoms with Crippen molar-refractivity contribution in [2.24, 2.45) is 0 Å². The largest absolute Gasteiger partial charge is 0.311 e. The predicted molar refractivity (Wildman–Crippen MR) is 54.7 cm³/mol. The van der Waals surface area contributed by atoms with Crippen molar-refractivity contribution in [3.05, 3.63) is 42.5 Å². The first kappa shape index (κ1) is 9.52. The second kappa shape index (κ2) is 4.45. The molecule has 0 N–H and O–H groups in total. The molecular formula is C11H13NO. The van der Waals surface area contributed by atoms with E-state index in [-0.39, 0.29) is 0 Å². The van der Waals surface area contributed by atoms with Crippen LogP contribution in [0.1, 0.15) is 6.92 Å². The number of carbonyl (C=O) groups excluding carboxylic acids is 1. The van der Waals surface area contributed by atoms with E-state index in [0.717, 1.165) is 17.7 Å². The van der Waals surface area contributed by atoms with Crippen LogP contribution in [0.25, 0.3) is 0 Å². The average Bonchev–Trinajstić information content (AvgIpc) is 2.15. The summed E-state index contributed by atoms with van der Waals surface area (Å²) in [6.07, 6.45) is 0.823. The molecule has 1 amide bonds. The first-order valence-electron chi connectivity index (χ1n) is 4.15. The predicted octanol–water partition coefficient (Wildman–Crippen LogP) is 2.23. The molecule has 0 aromatic heterocycles. The highest BCUT2D eigenvalue weighted by atomic mass is 16.1. The highest BCUT2D eigenvalue weighted by Crippen LogP contribution is 2.11. The summed E-state index contributed by atoms with van der Waals surface area (Å²) < 4.78 is 0. The fraction of sp³-hybridized carbons (Fsp3) is 0.182. The van der Waals surface area contributed by atoms with Gasteiger partial charge >= 0.3 is 0 Å². The van der Waals surface area contributed by atoms with Gasteiger partial charge < -0.3 is 4.90 Å². The molecule has 1 aromatic carbocycles. The first-order chi connectivity index (χ1) is 6.24. The highest BCUT2D eigenvalue weighted by molar-refractivity contribution is 5.75. The van der Waals surface area contributed by atoms with Crippen molar-refractivity contribution < 1.29 is 4.79 Å². The molecule has 0 fully saturated rings. The molecule has 0 heterocycles. The standard InChI is InChI=1S/C11H13NO/c1-10(2)8-12(9-13)11-6-4-3-5-7-11/h3-7,9H,1,8H2,2H3. The van der Waals surface area contributed by atoms with Crippen LogP contribution in [-0.4, -0.2) is 13.0 Å². The van der Waals surface area contributed by atoms with E-state index in [0.29, 0.717) is 6.54 Å². The molecule has 1 aromatic rings. The molecule has 0 bridgehead atoms. The number of benzene rings is 1. The molecule has 2 nitrogen and oxygen atoms in total. The normalized spacial score (nSPS) is 9.31. The minimum atomic E-state index is 0.577. The molecular weight excluding hydrogens is 162 g/mol. The third kappa shape index (κ3) is 2.75. The van der Waals surface area contributed by atoms with Crippen molar-refractivity contribution in [3.63, 3.8) is 0 Å². The lowest BCUT2D eigenvalue weighted by atomic mass is 10.2. The van der Waals surface area contributed by atoms with Gasteiger partial charge in [-0.25, -0.2) is 0 Å². The van der Waals surface area contributed by atoms with Gasteiger partial charge in [0.15, 0.2) is 0 Å². The van der Waals surface area contributed by atoms with Gasteiger partial charge in [0.1, 0.15) is 0 Å². The van der Waals surface area contributed by atoms with E-state index in [1.807, 2.05) is 37.3 Å². The van der Waals surface area contributed by atoms with Crippen LogP contribution in [0.3, 0.4) is 0 Å². The van der Waals surface area contributed by atoms with E-state index < -0.39 is 0 Å². The van der Waals surface area contributed by atoms with Gasteiger partial charge in [0, 0.05) is 12.2 Å². The number of hydrogen-bond acceptors (Lipinski definition) is 1. The Hall–Kier alpha value is -1.57. The van der Waals surface area contributed by atoms with Crippen LogP contribution >= 0.6 is 0 Å². The van der Waals surface area contributed by atoms with E-state index in [4.69, 9.17) is 0 Å². The van der Waals surface area contributed by atoms with Crippen LogP contribution in [0.15, 0.2) is 42.5 Å². The summed E-state index contributed by atoms with van der Waals surface area (Å²) >= 11 is 0. The van der Waals surface area contributed by atoms with Gasteiger partial charge in [0.2, 0.25) is 6.41 Å². The number of rotatable bonds is 4. The summed E-state index contributed by atoms with van der Waals surface area (Å²) in [5.74, 6) is 0. The number of nitrogens with zero attached hydrogens (tertiary/aromatic N) is 1. The van der Waals surface area contributed by atoms with Gasteiger partial charge in [-0.15, -0.1) is 0 Å². The van der Waals surface area contributed by atoms with Crippen LogP contribution in [0.2, 0.25) is 0 Å². The second-order valence-electron chi connectivity index (χ2n) is 3.03. The fourth-order valence-electron chi connectivity index (χ4n) is 1.10. The smallest absolute Gasteiger partial charge is 0.214 e. The summed E-state index contributed by atoms with van der Waals surface area (Å²) in [6.45, 7) is 6.25. The van der Waals surface area contributed by atoms with E-state index in [9.17, 15) is 4.79 Å². The van der Waals surface area contributed by atoms with Crippen LogP contribution in [-0.2, 0) is 4.79 Å². The molecule has 0 aliphatic carbocycles. The second-order valence-corrected chi connectivity index (χ2v) is 3.03. The Balaban J connectivity index is 2.78. The van der Waals surface area contributed by atoms with Crippen molar-refractivity contribution in [3.8, 4) is 0 Å². The lowest BCUT2D eigenvalue weighted by Crippen LogP contribution is -2.22. The van der Waals surface area contributed by atoms with Gasteiger partial charge in [-0.2, -0.15) is 0 Å². The topological polar surface area (TPSA) is 20.3 Å². The maximum absolute atomic E-state index is 10.7. The molecule has 1 rings (SSSR count). The SMILES string of the molecule is C=C(C)CN(C=O)c1ccccc1. The Morgan fingerprint density at radius 2 is 2.08 bits per heavy atom. The van der Waals surface area contributed by atoms with E-state index in [1.54, 1.807) is 4.90 Å². The fourth-order valence-corrected chi connectivity index (χ4v) is 1.10. The summed E-state index contributed by atoms with van der Waals surface area (Å²) in [7, 11) is 0. The lowest BCUT2D eigenvalue weighted by molar-refractivity contribution is -0.107. The van der Waals surface area contributed by atoms with Crippen molar-refractivity contribution in [2.75, 3.05) is 11.4 Å². The van der Waals surface area contributed by atoms with E-state index in [1.165, 1.54) is 0 Å². The minimum absolute atomic E-state index is 0.577. The molecule has 0 unspecified atom stereocenters. The van der Waals surface area contributed by atoms with Crippen molar-refractivity contribution >= 4 is 12.1 Å². The number of amides is 1. The van der Waals surface area contributed by atoms with E-state index >= 15 is 0 Å². The molecule has 0 saturated heterocycles. The minimum Gasteiger partial charge on any atom is -0.311 e. The Bertz CT molecular complexity index is 292. The molecule has 13 heavy (non-hydrogen) atoms.